The van der Waals surface area contributed by atoms with Crippen LogP contribution in [0.5, 0.6) is 0 Å². The number of pyridine rings is 1. The van der Waals surface area contributed by atoms with Crippen LogP contribution in [0.4, 0.5) is 16.2 Å². The van der Waals surface area contributed by atoms with Crippen LogP contribution in [-0.4, -0.2) is 19.4 Å². The summed E-state index contributed by atoms with van der Waals surface area (Å²) < 4.78 is 22.4. The second kappa shape index (κ2) is 6.30. The van der Waals surface area contributed by atoms with Crippen LogP contribution >= 0.6 is 22.3 Å². The van der Waals surface area contributed by atoms with Gasteiger partial charge in [0.2, 0.25) is 0 Å². The Hall–Kier alpha value is -1.83. The third kappa shape index (κ3) is 4.32. The Kier molecular flexibility index (Phi) is 4.66. The predicted molar refractivity (Wildman–Crippen MR) is 81.4 cm³/mol. The summed E-state index contributed by atoms with van der Waals surface area (Å²) in [5.74, 6) is 0. The molecule has 1 aromatic carbocycles. The molecule has 0 unspecified atom stereocenters. The summed E-state index contributed by atoms with van der Waals surface area (Å²) in [6, 6.07) is 6.71. The van der Waals surface area contributed by atoms with Crippen LogP contribution in [0.25, 0.3) is 0 Å². The first kappa shape index (κ1) is 15.6. The van der Waals surface area contributed by atoms with Gasteiger partial charge in [0.1, 0.15) is 4.90 Å². The third-order valence-electron chi connectivity index (χ3n) is 2.37. The molecule has 2 aromatic rings. The number of urea groups is 1. The molecule has 2 rings (SSSR count). The quantitative estimate of drug-likeness (QED) is 0.835. The number of nitrogens with zero attached hydrogens (tertiary/aromatic N) is 1. The van der Waals surface area contributed by atoms with Gasteiger partial charge in [0, 0.05) is 22.6 Å². The molecule has 0 radical (unpaired) electrons. The van der Waals surface area contributed by atoms with Crippen molar-refractivity contribution < 1.29 is 13.2 Å². The molecule has 2 N–H and O–H groups in total. The molecule has 0 bridgehead atoms. The summed E-state index contributed by atoms with van der Waals surface area (Å²) >= 11 is 5.81. The summed E-state index contributed by atoms with van der Waals surface area (Å²) in [6.45, 7) is 0. The maximum atomic E-state index is 11.7. The van der Waals surface area contributed by atoms with Crippen LogP contribution in [-0.2, 0) is 9.05 Å². The highest BCUT2D eigenvalue weighted by Gasteiger charge is 2.15. The third-order valence-corrected chi connectivity index (χ3v) is 4.18. The summed E-state index contributed by atoms with van der Waals surface area (Å²) in [6.07, 6.45) is 3.06. The molecule has 110 valence electrons. The van der Waals surface area contributed by atoms with E-state index in [1.165, 1.54) is 24.4 Å². The van der Waals surface area contributed by atoms with Crippen molar-refractivity contribution in [3.63, 3.8) is 0 Å². The number of aromatic nitrogens is 1. The minimum absolute atomic E-state index is 0.0795. The van der Waals surface area contributed by atoms with Gasteiger partial charge in [-0.2, -0.15) is 0 Å². The highest BCUT2D eigenvalue weighted by atomic mass is 35.7. The number of rotatable bonds is 3. The van der Waals surface area contributed by atoms with Crippen molar-refractivity contribution in [2.75, 3.05) is 10.6 Å². The highest BCUT2D eigenvalue weighted by Crippen LogP contribution is 2.27. The van der Waals surface area contributed by atoms with Crippen LogP contribution in [0.15, 0.2) is 47.6 Å². The van der Waals surface area contributed by atoms with Gasteiger partial charge < -0.3 is 10.6 Å². The lowest BCUT2D eigenvalue weighted by Crippen LogP contribution is -2.19. The van der Waals surface area contributed by atoms with E-state index < -0.39 is 15.1 Å². The van der Waals surface area contributed by atoms with E-state index in [0.717, 1.165) is 0 Å². The molecule has 0 saturated carbocycles. The summed E-state index contributed by atoms with van der Waals surface area (Å²) in [7, 11) is 1.29. The Bertz CT molecular complexity index is 767. The summed E-state index contributed by atoms with van der Waals surface area (Å²) in [5, 5.41) is 4.99. The maximum absolute atomic E-state index is 11.7. The number of carbonyl (C=O) groups excluding carboxylic acids is 1. The predicted octanol–water partition coefficient (Wildman–Crippen LogP) is 3.31. The maximum Gasteiger partial charge on any atom is 0.323 e. The molecule has 0 atom stereocenters. The van der Waals surface area contributed by atoms with E-state index in [9.17, 15) is 13.2 Å². The number of halogens is 2. The van der Waals surface area contributed by atoms with Crippen LogP contribution in [0.3, 0.4) is 0 Å². The van der Waals surface area contributed by atoms with Crippen LogP contribution < -0.4 is 10.6 Å². The topological polar surface area (TPSA) is 88.2 Å². The SMILES string of the molecule is O=C(Nc1cccnc1)Nc1ccc(S(=O)(=O)Cl)c(Cl)c1. The number of amides is 2. The average molecular weight is 346 g/mol. The zero-order chi connectivity index (χ0) is 15.5. The van der Waals surface area contributed by atoms with Gasteiger partial charge in [-0.1, -0.05) is 11.6 Å². The molecule has 1 aromatic heterocycles. The number of carbonyl (C=O) groups is 1. The number of benzene rings is 1. The molecule has 0 aliphatic heterocycles. The molecule has 21 heavy (non-hydrogen) atoms. The molecule has 9 heteroatoms. The first-order valence-electron chi connectivity index (χ1n) is 5.58. The normalized spacial score (nSPS) is 11.0. The molecule has 2 amide bonds. The van der Waals surface area contributed by atoms with Crippen LogP contribution in [0, 0.1) is 0 Å². The molecule has 0 aliphatic rings. The number of hydrogen-bond acceptors (Lipinski definition) is 4. The number of nitrogens with one attached hydrogen (secondary N) is 2. The lowest BCUT2D eigenvalue weighted by molar-refractivity contribution is 0.262. The smallest absolute Gasteiger partial charge is 0.308 e. The van der Waals surface area contributed by atoms with Crippen molar-refractivity contribution in [3.8, 4) is 0 Å². The molecule has 0 saturated heterocycles. The molecule has 6 nitrogen and oxygen atoms in total. The summed E-state index contributed by atoms with van der Waals surface area (Å²) in [5.41, 5.74) is 0.839. The van der Waals surface area contributed by atoms with Gasteiger partial charge in [0.05, 0.1) is 16.9 Å². The van der Waals surface area contributed by atoms with E-state index in [1.54, 1.807) is 18.3 Å². The largest absolute Gasteiger partial charge is 0.323 e. The van der Waals surface area contributed by atoms with Crippen molar-refractivity contribution >= 4 is 48.7 Å². The van der Waals surface area contributed by atoms with Crippen molar-refractivity contribution in [3.05, 3.63) is 47.7 Å². The van der Waals surface area contributed by atoms with E-state index in [1.807, 2.05) is 0 Å². The monoisotopic (exact) mass is 345 g/mol. The van der Waals surface area contributed by atoms with Crippen molar-refractivity contribution in [2.24, 2.45) is 0 Å². The standard InChI is InChI=1S/C12H9Cl2N3O3S/c13-10-6-8(3-4-11(10)21(14,19)20)16-12(18)17-9-2-1-5-15-7-9/h1-7H,(H2,16,17,18). The lowest BCUT2D eigenvalue weighted by Gasteiger charge is -2.08. The summed E-state index contributed by atoms with van der Waals surface area (Å²) in [4.78, 5) is 15.4. The Morgan fingerprint density at radius 2 is 1.86 bits per heavy atom. The first-order valence-corrected chi connectivity index (χ1v) is 8.27. The van der Waals surface area contributed by atoms with E-state index in [0.29, 0.717) is 11.4 Å². The molecular formula is C12H9Cl2N3O3S. The zero-order valence-electron chi connectivity index (χ0n) is 10.4. The van der Waals surface area contributed by atoms with Gasteiger partial charge in [-0.3, -0.25) is 4.98 Å². The van der Waals surface area contributed by atoms with Crippen molar-refractivity contribution in [1.82, 2.24) is 4.98 Å². The Morgan fingerprint density at radius 1 is 1.14 bits per heavy atom. The van der Waals surface area contributed by atoms with Gasteiger partial charge in [0.15, 0.2) is 0 Å². The minimum Gasteiger partial charge on any atom is -0.308 e. The second-order valence-electron chi connectivity index (χ2n) is 3.90. The Labute approximate surface area is 130 Å². The molecule has 0 fully saturated rings. The second-order valence-corrected chi connectivity index (χ2v) is 6.85. The van der Waals surface area contributed by atoms with E-state index in [2.05, 4.69) is 15.6 Å². The van der Waals surface area contributed by atoms with Gasteiger partial charge >= 0.3 is 6.03 Å². The van der Waals surface area contributed by atoms with E-state index >= 15 is 0 Å². The zero-order valence-corrected chi connectivity index (χ0v) is 12.7. The fourth-order valence-corrected chi connectivity index (χ4v) is 3.04. The first-order chi connectivity index (χ1) is 9.86. The Balaban J connectivity index is 2.10. The van der Waals surface area contributed by atoms with Crippen LogP contribution in [0.1, 0.15) is 0 Å². The van der Waals surface area contributed by atoms with Crippen molar-refractivity contribution in [2.45, 2.75) is 4.90 Å². The molecule has 0 spiro atoms. The van der Waals surface area contributed by atoms with E-state index in [4.69, 9.17) is 22.3 Å². The molecule has 0 aliphatic carbocycles. The van der Waals surface area contributed by atoms with Gasteiger partial charge in [-0.05, 0) is 30.3 Å². The number of hydrogen-bond donors (Lipinski definition) is 2. The Morgan fingerprint density at radius 3 is 2.43 bits per heavy atom. The van der Waals surface area contributed by atoms with Gasteiger partial charge in [0.25, 0.3) is 9.05 Å². The fraction of sp³-hybridized carbons (Fsp3) is 0. The van der Waals surface area contributed by atoms with Gasteiger partial charge in [-0.15, -0.1) is 0 Å². The molecular weight excluding hydrogens is 337 g/mol. The highest BCUT2D eigenvalue weighted by molar-refractivity contribution is 8.13. The van der Waals surface area contributed by atoms with Gasteiger partial charge in [-0.25, -0.2) is 13.2 Å². The van der Waals surface area contributed by atoms with E-state index in [-0.39, 0.29) is 9.92 Å². The minimum atomic E-state index is -3.92. The van der Waals surface area contributed by atoms with Crippen LogP contribution in [0.2, 0.25) is 5.02 Å². The average Bonchev–Trinajstić information content (AvgIpc) is 2.38. The molecule has 1 heterocycles. The lowest BCUT2D eigenvalue weighted by atomic mass is 10.3. The fourth-order valence-electron chi connectivity index (χ4n) is 1.51. The van der Waals surface area contributed by atoms with Crippen molar-refractivity contribution in [1.29, 1.82) is 0 Å². The number of anilines is 2.